The normalized spacial score (nSPS) is 15.8. The van der Waals surface area contributed by atoms with Crippen LogP contribution in [0.25, 0.3) is 0 Å². The summed E-state index contributed by atoms with van der Waals surface area (Å²) >= 11 is 0. The van der Waals surface area contributed by atoms with Crippen molar-refractivity contribution in [3.05, 3.63) is 12.4 Å². The van der Waals surface area contributed by atoms with E-state index in [-0.39, 0.29) is 11.8 Å². The van der Waals surface area contributed by atoms with Crippen LogP contribution < -0.4 is 15.5 Å². The molecule has 1 atom stereocenters. The van der Waals surface area contributed by atoms with E-state index in [4.69, 9.17) is 4.74 Å². The molecule has 1 aromatic heterocycles. The first-order valence-corrected chi connectivity index (χ1v) is 8.58. The second kappa shape index (κ2) is 8.13. The number of nitrogens with zero attached hydrogens (tertiary/aromatic N) is 3. The van der Waals surface area contributed by atoms with Gasteiger partial charge < -0.3 is 15.4 Å². The van der Waals surface area contributed by atoms with Gasteiger partial charge in [-0.1, -0.05) is 6.92 Å². The van der Waals surface area contributed by atoms with E-state index < -0.39 is 11.7 Å². The van der Waals surface area contributed by atoms with Crippen LogP contribution in [0.3, 0.4) is 0 Å². The maximum Gasteiger partial charge on any atom is 0.407 e. The van der Waals surface area contributed by atoms with Gasteiger partial charge in [-0.3, -0.25) is 9.69 Å². The largest absolute Gasteiger partial charge is 0.444 e. The van der Waals surface area contributed by atoms with Crippen molar-refractivity contribution >= 4 is 23.6 Å². The number of hydrogen-bond acceptors (Lipinski definition) is 6. The molecular weight excluding hydrogens is 322 g/mol. The molecule has 2 amide bonds. The topological polar surface area (TPSA) is 96.5 Å². The molecule has 1 aliphatic heterocycles. The summed E-state index contributed by atoms with van der Waals surface area (Å²) < 4.78 is 5.20. The van der Waals surface area contributed by atoms with Gasteiger partial charge in [0.25, 0.3) is 0 Å². The number of hydrogen-bond donors (Lipinski definition) is 2. The lowest BCUT2D eigenvalue weighted by Gasteiger charge is -2.21. The van der Waals surface area contributed by atoms with Gasteiger partial charge >= 0.3 is 6.09 Å². The Morgan fingerprint density at radius 2 is 2.08 bits per heavy atom. The average molecular weight is 349 g/mol. The van der Waals surface area contributed by atoms with Crippen molar-refractivity contribution in [2.75, 3.05) is 29.9 Å². The van der Waals surface area contributed by atoms with Gasteiger partial charge in [0.1, 0.15) is 11.4 Å². The summed E-state index contributed by atoms with van der Waals surface area (Å²) in [6, 6.07) is 0. The fourth-order valence-corrected chi connectivity index (χ4v) is 2.36. The van der Waals surface area contributed by atoms with Crippen LogP contribution in [0, 0.1) is 5.92 Å². The Bertz CT molecular complexity index is 597. The van der Waals surface area contributed by atoms with Crippen LogP contribution >= 0.6 is 0 Å². The Labute approximate surface area is 148 Å². The molecule has 138 valence electrons. The molecule has 2 rings (SSSR count). The molecule has 0 spiro atoms. The number of amides is 2. The summed E-state index contributed by atoms with van der Waals surface area (Å²) in [5, 5.41) is 5.92. The molecule has 8 heteroatoms. The van der Waals surface area contributed by atoms with E-state index in [1.807, 2.05) is 27.7 Å². The maximum atomic E-state index is 11.7. The molecule has 1 aliphatic rings. The van der Waals surface area contributed by atoms with Crippen molar-refractivity contribution in [1.82, 2.24) is 15.3 Å². The molecule has 0 saturated carbocycles. The van der Waals surface area contributed by atoms with E-state index in [1.54, 1.807) is 17.3 Å². The third-order valence-electron chi connectivity index (χ3n) is 3.61. The SMILES string of the molecule is CC(CNC(=O)OC(C)(C)C)CNc1cnc(N2CCCC2=O)cn1. The fraction of sp³-hybridized carbons (Fsp3) is 0.647. The average Bonchev–Trinajstić information content (AvgIpc) is 2.96. The fourth-order valence-electron chi connectivity index (χ4n) is 2.36. The Balaban J connectivity index is 1.73. The lowest BCUT2D eigenvalue weighted by atomic mass is 10.2. The number of alkyl carbamates (subject to hydrolysis) is 1. The molecule has 0 bridgehead atoms. The van der Waals surface area contributed by atoms with Crippen LogP contribution in [0.2, 0.25) is 0 Å². The molecular formula is C17H27N5O3. The first-order chi connectivity index (χ1) is 11.7. The van der Waals surface area contributed by atoms with E-state index >= 15 is 0 Å². The van der Waals surface area contributed by atoms with Gasteiger partial charge in [-0.25, -0.2) is 14.8 Å². The monoisotopic (exact) mass is 349 g/mol. The number of rotatable bonds is 6. The van der Waals surface area contributed by atoms with Gasteiger partial charge in [0, 0.05) is 26.1 Å². The minimum atomic E-state index is -0.500. The molecule has 1 unspecified atom stereocenters. The number of carbonyl (C=O) groups is 2. The van der Waals surface area contributed by atoms with Gasteiger partial charge in [-0.05, 0) is 33.1 Å². The van der Waals surface area contributed by atoms with E-state index in [0.717, 1.165) is 6.42 Å². The van der Waals surface area contributed by atoms with Crippen LogP contribution in [0.4, 0.5) is 16.4 Å². The molecule has 0 radical (unpaired) electrons. The van der Waals surface area contributed by atoms with Crippen molar-refractivity contribution in [3.63, 3.8) is 0 Å². The van der Waals surface area contributed by atoms with E-state index in [2.05, 4.69) is 20.6 Å². The van der Waals surface area contributed by atoms with Gasteiger partial charge in [0.15, 0.2) is 5.82 Å². The second-order valence-electron chi connectivity index (χ2n) is 7.28. The highest BCUT2D eigenvalue weighted by Crippen LogP contribution is 2.18. The molecule has 2 N–H and O–H groups in total. The lowest BCUT2D eigenvalue weighted by Crippen LogP contribution is -2.36. The minimum Gasteiger partial charge on any atom is -0.444 e. The van der Waals surface area contributed by atoms with Crippen LogP contribution in [-0.4, -0.2) is 47.2 Å². The number of aromatic nitrogens is 2. The van der Waals surface area contributed by atoms with E-state index in [0.29, 0.717) is 37.7 Å². The van der Waals surface area contributed by atoms with Crippen molar-refractivity contribution in [1.29, 1.82) is 0 Å². The summed E-state index contributed by atoms with van der Waals surface area (Å²) in [6.07, 6.45) is 4.25. The van der Waals surface area contributed by atoms with Crippen LogP contribution in [0.5, 0.6) is 0 Å². The zero-order chi connectivity index (χ0) is 18.4. The molecule has 8 nitrogen and oxygen atoms in total. The lowest BCUT2D eigenvalue weighted by molar-refractivity contribution is -0.117. The summed E-state index contributed by atoms with van der Waals surface area (Å²) in [6.45, 7) is 9.33. The standard InChI is InChI=1S/C17H27N5O3/c1-12(9-21-16(24)25-17(2,3)4)8-18-13-10-20-14(11-19-13)22-7-5-6-15(22)23/h10-12H,5-9H2,1-4H3,(H,18,19)(H,21,24). The van der Waals surface area contributed by atoms with Gasteiger partial charge in [-0.2, -0.15) is 0 Å². The second-order valence-corrected chi connectivity index (χ2v) is 7.28. The third-order valence-corrected chi connectivity index (χ3v) is 3.61. The predicted molar refractivity (Wildman–Crippen MR) is 95.5 cm³/mol. The molecule has 1 saturated heterocycles. The first-order valence-electron chi connectivity index (χ1n) is 8.58. The zero-order valence-electron chi connectivity index (χ0n) is 15.3. The Hall–Kier alpha value is -2.38. The summed E-state index contributed by atoms with van der Waals surface area (Å²) in [5.41, 5.74) is -0.500. The Morgan fingerprint density at radius 1 is 1.32 bits per heavy atom. The third kappa shape index (κ3) is 6.21. The van der Waals surface area contributed by atoms with Crippen LogP contribution in [0.15, 0.2) is 12.4 Å². The highest BCUT2D eigenvalue weighted by Gasteiger charge is 2.22. The summed E-state index contributed by atoms with van der Waals surface area (Å²) in [7, 11) is 0. The first kappa shape index (κ1) is 19.0. The summed E-state index contributed by atoms with van der Waals surface area (Å²) in [4.78, 5) is 33.5. The smallest absolute Gasteiger partial charge is 0.407 e. The quantitative estimate of drug-likeness (QED) is 0.817. The molecule has 0 aliphatic carbocycles. The molecule has 0 aromatic carbocycles. The van der Waals surface area contributed by atoms with Gasteiger partial charge in [0.2, 0.25) is 5.91 Å². The van der Waals surface area contributed by atoms with E-state index in [9.17, 15) is 9.59 Å². The zero-order valence-corrected chi connectivity index (χ0v) is 15.3. The Morgan fingerprint density at radius 3 is 2.64 bits per heavy atom. The minimum absolute atomic E-state index is 0.0943. The highest BCUT2D eigenvalue weighted by atomic mass is 16.6. The molecule has 1 fully saturated rings. The van der Waals surface area contributed by atoms with Crippen molar-refractivity contribution in [3.8, 4) is 0 Å². The number of carbonyl (C=O) groups excluding carboxylic acids is 2. The Kier molecular flexibility index (Phi) is 6.17. The van der Waals surface area contributed by atoms with Crippen molar-refractivity contribution < 1.29 is 14.3 Å². The number of ether oxygens (including phenoxy) is 1. The van der Waals surface area contributed by atoms with Crippen molar-refractivity contribution in [2.24, 2.45) is 5.92 Å². The molecule has 2 heterocycles. The summed E-state index contributed by atoms with van der Waals surface area (Å²) in [5.74, 6) is 1.51. The van der Waals surface area contributed by atoms with Crippen molar-refractivity contribution in [2.45, 2.75) is 46.1 Å². The highest BCUT2D eigenvalue weighted by molar-refractivity contribution is 5.94. The molecule has 1 aromatic rings. The van der Waals surface area contributed by atoms with Gasteiger partial charge in [-0.15, -0.1) is 0 Å². The molecule has 25 heavy (non-hydrogen) atoms. The number of nitrogens with one attached hydrogen (secondary N) is 2. The predicted octanol–water partition coefficient (Wildman–Crippen LogP) is 2.18. The number of anilines is 2. The van der Waals surface area contributed by atoms with Gasteiger partial charge in [0.05, 0.1) is 12.4 Å². The van der Waals surface area contributed by atoms with Crippen LogP contribution in [0.1, 0.15) is 40.5 Å². The maximum absolute atomic E-state index is 11.7. The van der Waals surface area contributed by atoms with E-state index in [1.165, 1.54) is 0 Å². The van der Waals surface area contributed by atoms with Crippen LogP contribution in [-0.2, 0) is 9.53 Å².